The highest BCUT2D eigenvalue weighted by molar-refractivity contribution is 7.87. The minimum absolute atomic E-state index is 0.215. The zero-order valence-corrected chi connectivity index (χ0v) is 9.30. The summed E-state index contributed by atoms with van der Waals surface area (Å²) in [5.74, 6) is -0.894. The van der Waals surface area contributed by atoms with Gasteiger partial charge in [-0.05, 0) is 12.1 Å². The Morgan fingerprint density at radius 1 is 1.17 bits per heavy atom. The number of rotatable bonds is 2. The molecule has 2 aromatic rings. The molecule has 0 spiro atoms. The van der Waals surface area contributed by atoms with Gasteiger partial charge in [0, 0.05) is 11.6 Å². The Labute approximate surface area is 98.5 Å². The third-order valence-electron chi connectivity index (χ3n) is 2.09. The van der Waals surface area contributed by atoms with Crippen LogP contribution >= 0.6 is 0 Å². The Kier molecular flexibility index (Phi) is 2.73. The zero-order chi connectivity index (χ0) is 13.6. The lowest BCUT2D eigenvalue weighted by atomic mass is 10.2. The maximum absolute atomic E-state index is 13.4. The van der Waals surface area contributed by atoms with E-state index in [0.717, 1.165) is 12.3 Å². The van der Waals surface area contributed by atoms with Gasteiger partial charge in [-0.15, -0.1) is 0 Å². The van der Waals surface area contributed by atoms with Gasteiger partial charge in [0.25, 0.3) is 0 Å². The molecule has 18 heavy (non-hydrogen) atoms. The van der Waals surface area contributed by atoms with E-state index >= 15 is 0 Å². The third kappa shape index (κ3) is 2.01. The lowest BCUT2D eigenvalue weighted by molar-refractivity contribution is -0.0543. The molecule has 1 aromatic carbocycles. The van der Waals surface area contributed by atoms with Crippen molar-refractivity contribution in [2.75, 3.05) is 0 Å². The topological polar surface area (TPSA) is 48.3 Å². The van der Waals surface area contributed by atoms with E-state index < -0.39 is 21.4 Å². The van der Waals surface area contributed by atoms with Crippen LogP contribution in [0.3, 0.4) is 0 Å². The van der Waals surface area contributed by atoms with Crippen LogP contribution in [0.5, 0.6) is 0 Å². The first-order valence-electron chi connectivity index (χ1n) is 4.49. The van der Waals surface area contributed by atoms with Crippen LogP contribution in [0.25, 0.3) is 10.9 Å². The van der Waals surface area contributed by atoms with Crippen molar-refractivity contribution < 1.29 is 30.3 Å². The number of para-hydroxylation sites is 1. The van der Waals surface area contributed by atoms with E-state index in [1.54, 1.807) is 0 Å². The van der Waals surface area contributed by atoms with Crippen molar-refractivity contribution in [3.63, 3.8) is 0 Å². The van der Waals surface area contributed by atoms with Gasteiger partial charge in [0.1, 0.15) is 5.52 Å². The fourth-order valence-electron chi connectivity index (χ4n) is 1.33. The van der Waals surface area contributed by atoms with E-state index in [1.807, 2.05) is 0 Å². The molecule has 0 saturated carbocycles. The van der Waals surface area contributed by atoms with Gasteiger partial charge in [0.05, 0.1) is 0 Å². The minimum Gasteiger partial charge on any atom is -0.281 e. The van der Waals surface area contributed by atoms with E-state index in [-0.39, 0.29) is 15.6 Å². The van der Waals surface area contributed by atoms with Gasteiger partial charge >= 0.3 is 15.6 Å². The summed E-state index contributed by atoms with van der Waals surface area (Å²) in [5, 5.41) is 0.215. The first-order valence-corrected chi connectivity index (χ1v) is 5.90. The molecule has 0 bridgehead atoms. The predicted molar refractivity (Wildman–Crippen MR) is 53.5 cm³/mol. The first-order chi connectivity index (χ1) is 8.22. The summed E-state index contributed by atoms with van der Waals surface area (Å²) < 4.78 is 75.3. The Bertz CT molecular complexity index is 689. The molecule has 0 aliphatic carbocycles. The van der Waals surface area contributed by atoms with Crippen molar-refractivity contribution in [3.05, 3.63) is 36.3 Å². The van der Waals surface area contributed by atoms with Crippen molar-refractivity contribution in [1.29, 1.82) is 0 Å². The van der Waals surface area contributed by atoms with Crippen LogP contribution in [0.2, 0.25) is 0 Å². The maximum atomic E-state index is 13.4. The Hall–Kier alpha value is -1.77. The van der Waals surface area contributed by atoms with Crippen molar-refractivity contribution in [2.24, 2.45) is 0 Å². The molecule has 4 nitrogen and oxygen atoms in total. The summed E-state index contributed by atoms with van der Waals surface area (Å²) in [6, 6.07) is 4.94. The largest absolute Gasteiger partial charge is 0.536 e. The van der Waals surface area contributed by atoms with Gasteiger partial charge in [-0.2, -0.15) is 26.3 Å². The van der Waals surface area contributed by atoms with E-state index in [4.69, 9.17) is 0 Å². The number of halogens is 4. The fourth-order valence-corrected chi connectivity index (χ4v) is 1.75. The van der Waals surface area contributed by atoms with Crippen LogP contribution in [-0.2, 0) is 10.1 Å². The lowest BCUT2D eigenvalue weighted by Gasteiger charge is -2.10. The summed E-state index contributed by atoms with van der Waals surface area (Å²) >= 11 is 0. The number of nitrogens with zero attached hydrogens (tertiary/aromatic N) is 1. The highest BCUT2D eigenvalue weighted by Gasteiger charge is 2.49. The summed E-state index contributed by atoms with van der Waals surface area (Å²) in [7, 11) is -5.83. The number of benzene rings is 1. The zero-order valence-electron chi connectivity index (χ0n) is 8.48. The first kappa shape index (κ1) is 12.7. The molecule has 0 atom stereocenters. The Balaban J connectivity index is 2.52. The predicted octanol–water partition coefficient (Wildman–Crippen LogP) is 2.06. The second kappa shape index (κ2) is 3.87. The number of fused-ring (bicyclic) bond motifs is 1. The molecule has 0 amide bonds. The molecule has 1 aromatic heterocycles. The molecular weight excluding hydrogens is 278 g/mol. The third-order valence-corrected chi connectivity index (χ3v) is 3.01. The fraction of sp³-hybridized carbons (Fsp3) is 0.111. The average molecular weight is 283 g/mol. The van der Waals surface area contributed by atoms with E-state index in [2.05, 4.69) is 4.28 Å². The number of aromatic nitrogens is 1. The molecule has 0 saturated heterocycles. The SMILES string of the molecule is O=S(=O)(On1ccc2cccc(F)c21)C(F)(F)F. The number of alkyl halides is 3. The smallest absolute Gasteiger partial charge is 0.281 e. The van der Waals surface area contributed by atoms with Gasteiger partial charge in [0.2, 0.25) is 0 Å². The molecule has 1 heterocycles. The van der Waals surface area contributed by atoms with E-state index in [9.17, 15) is 26.0 Å². The molecule has 0 unspecified atom stereocenters. The number of hydrogen-bond donors (Lipinski definition) is 0. The van der Waals surface area contributed by atoms with Gasteiger partial charge < -0.3 is 0 Å². The summed E-state index contributed by atoms with van der Waals surface area (Å²) in [6.07, 6.45) is 0.886. The highest BCUT2D eigenvalue weighted by Crippen LogP contribution is 2.25. The monoisotopic (exact) mass is 283 g/mol. The van der Waals surface area contributed by atoms with Crippen LogP contribution in [0.4, 0.5) is 17.6 Å². The van der Waals surface area contributed by atoms with E-state index in [1.165, 1.54) is 18.2 Å². The average Bonchev–Trinajstić information content (AvgIpc) is 2.60. The van der Waals surface area contributed by atoms with Gasteiger partial charge in [-0.3, -0.25) is 4.28 Å². The Morgan fingerprint density at radius 2 is 1.83 bits per heavy atom. The highest BCUT2D eigenvalue weighted by atomic mass is 32.2. The molecule has 0 N–H and O–H groups in total. The second-order valence-electron chi connectivity index (χ2n) is 3.29. The molecule has 98 valence electrons. The van der Waals surface area contributed by atoms with Crippen molar-refractivity contribution in [2.45, 2.75) is 5.51 Å². The molecule has 0 aliphatic rings. The van der Waals surface area contributed by atoms with Crippen molar-refractivity contribution >= 4 is 21.0 Å². The minimum atomic E-state index is -5.83. The van der Waals surface area contributed by atoms with Gasteiger partial charge in [-0.25, -0.2) is 4.39 Å². The molecular formula is C9H5F4NO3S. The summed E-state index contributed by atoms with van der Waals surface area (Å²) in [6.45, 7) is 0. The molecule has 0 aliphatic heterocycles. The van der Waals surface area contributed by atoms with Crippen LogP contribution in [0, 0.1) is 5.82 Å². The van der Waals surface area contributed by atoms with Gasteiger partial charge in [-0.1, -0.05) is 12.1 Å². The molecule has 2 rings (SSSR count). The standard InChI is InChI=1S/C9H5F4NO3S/c10-7-3-1-2-6-4-5-14(8(6)7)17-18(15,16)9(11,12)13/h1-5H. The Morgan fingerprint density at radius 3 is 2.44 bits per heavy atom. The van der Waals surface area contributed by atoms with Crippen molar-refractivity contribution in [3.8, 4) is 0 Å². The molecule has 9 heteroatoms. The lowest BCUT2D eigenvalue weighted by Crippen LogP contribution is -2.32. The molecule has 0 radical (unpaired) electrons. The van der Waals surface area contributed by atoms with Crippen molar-refractivity contribution in [1.82, 2.24) is 4.73 Å². The second-order valence-corrected chi connectivity index (χ2v) is 4.81. The van der Waals surface area contributed by atoms with Crippen LogP contribution in [0.1, 0.15) is 0 Å². The summed E-state index contributed by atoms with van der Waals surface area (Å²) in [5.41, 5.74) is -5.96. The van der Waals surface area contributed by atoms with Crippen LogP contribution in [-0.4, -0.2) is 18.7 Å². The normalized spacial score (nSPS) is 12.9. The quantitative estimate of drug-likeness (QED) is 0.626. The summed E-state index contributed by atoms with van der Waals surface area (Å²) in [4.78, 5) is 0. The molecule has 0 fully saturated rings. The van der Waals surface area contributed by atoms with Gasteiger partial charge in [0.15, 0.2) is 5.82 Å². The van der Waals surface area contributed by atoms with Crippen LogP contribution < -0.4 is 4.28 Å². The van der Waals surface area contributed by atoms with Crippen LogP contribution in [0.15, 0.2) is 30.5 Å². The maximum Gasteiger partial charge on any atom is 0.536 e. The van der Waals surface area contributed by atoms with E-state index in [0.29, 0.717) is 0 Å². The number of hydrogen-bond acceptors (Lipinski definition) is 3.